The number of carbonyl (C=O) groups excluding carboxylic acids is 1. The molecule has 0 saturated heterocycles. The average molecular weight is 224 g/mol. The van der Waals surface area contributed by atoms with Crippen LogP contribution in [0.15, 0.2) is 10.5 Å². The van der Waals surface area contributed by atoms with E-state index in [4.69, 9.17) is 9.15 Å². The molecule has 0 aliphatic carbocycles. The summed E-state index contributed by atoms with van der Waals surface area (Å²) in [5.74, 6) is 1.65. The Morgan fingerprint density at radius 3 is 2.56 bits per heavy atom. The number of furan rings is 1. The molecule has 90 valence electrons. The summed E-state index contributed by atoms with van der Waals surface area (Å²) in [6.45, 7) is 8.45. The second-order valence-corrected chi connectivity index (χ2v) is 4.25. The molecule has 0 aromatic carbocycles. The topological polar surface area (TPSA) is 39.4 Å². The highest BCUT2D eigenvalue weighted by Crippen LogP contribution is 2.18. The summed E-state index contributed by atoms with van der Waals surface area (Å²) in [6.07, 6.45) is 1.51. The lowest BCUT2D eigenvalue weighted by molar-refractivity contribution is 0.0456. The van der Waals surface area contributed by atoms with Gasteiger partial charge in [-0.1, -0.05) is 27.7 Å². The highest BCUT2D eigenvalue weighted by molar-refractivity contribution is 5.90. The highest BCUT2D eigenvalue weighted by atomic mass is 16.5. The van der Waals surface area contributed by atoms with E-state index in [-0.39, 0.29) is 5.97 Å². The second-order valence-electron chi connectivity index (χ2n) is 4.25. The van der Waals surface area contributed by atoms with E-state index < -0.39 is 0 Å². The summed E-state index contributed by atoms with van der Waals surface area (Å²) in [4.78, 5) is 11.8. The fraction of sp³-hybridized carbons (Fsp3) is 0.615. The summed E-state index contributed by atoms with van der Waals surface area (Å²) in [5.41, 5.74) is 0.583. The third-order valence-electron chi connectivity index (χ3n) is 2.30. The van der Waals surface area contributed by atoms with Gasteiger partial charge in [0, 0.05) is 12.8 Å². The zero-order valence-electron chi connectivity index (χ0n) is 10.5. The fourth-order valence-corrected chi connectivity index (χ4v) is 1.41. The molecule has 0 atom stereocenters. The number of hydrogen-bond acceptors (Lipinski definition) is 3. The Labute approximate surface area is 96.8 Å². The maximum atomic E-state index is 11.8. The van der Waals surface area contributed by atoms with Crippen molar-refractivity contribution in [3.8, 4) is 0 Å². The number of ether oxygens (including phenoxy) is 1. The van der Waals surface area contributed by atoms with E-state index in [0.717, 1.165) is 17.9 Å². The zero-order valence-corrected chi connectivity index (χ0v) is 10.5. The van der Waals surface area contributed by atoms with Crippen molar-refractivity contribution in [1.82, 2.24) is 0 Å². The third-order valence-corrected chi connectivity index (χ3v) is 2.30. The smallest absolute Gasteiger partial charge is 0.341 e. The molecule has 0 aliphatic heterocycles. The van der Waals surface area contributed by atoms with Crippen LogP contribution in [0, 0.1) is 5.92 Å². The molecule has 0 spiro atoms. The molecule has 16 heavy (non-hydrogen) atoms. The van der Waals surface area contributed by atoms with Crippen molar-refractivity contribution in [1.29, 1.82) is 0 Å². The third kappa shape index (κ3) is 3.12. The van der Waals surface area contributed by atoms with Crippen LogP contribution in [-0.2, 0) is 17.6 Å². The van der Waals surface area contributed by atoms with Crippen molar-refractivity contribution in [2.45, 2.75) is 40.5 Å². The Kier molecular flexibility index (Phi) is 4.59. The van der Waals surface area contributed by atoms with Crippen LogP contribution in [-0.4, -0.2) is 12.6 Å². The molecular weight excluding hydrogens is 204 g/mol. The number of carbonyl (C=O) groups is 1. The van der Waals surface area contributed by atoms with E-state index in [9.17, 15) is 4.79 Å². The first kappa shape index (κ1) is 12.8. The van der Waals surface area contributed by atoms with Crippen molar-refractivity contribution < 1.29 is 13.9 Å². The first-order valence-corrected chi connectivity index (χ1v) is 5.87. The Morgan fingerprint density at radius 1 is 1.38 bits per heavy atom. The number of aryl methyl sites for hydroxylation is 2. The maximum Gasteiger partial charge on any atom is 0.341 e. The maximum absolute atomic E-state index is 11.8. The van der Waals surface area contributed by atoms with Crippen molar-refractivity contribution in [2.24, 2.45) is 5.92 Å². The Bertz CT molecular complexity index is 350. The molecule has 0 bridgehead atoms. The van der Waals surface area contributed by atoms with Gasteiger partial charge in [-0.05, 0) is 12.0 Å². The predicted octanol–water partition coefficient (Wildman–Crippen LogP) is 3.22. The number of rotatable bonds is 5. The van der Waals surface area contributed by atoms with Gasteiger partial charge in [-0.3, -0.25) is 0 Å². The molecule has 0 unspecified atom stereocenters. The summed E-state index contributed by atoms with van der Waals surface area (Å²) in [5, 5.41) is 0. The van der Waals surface area contributed by atoms with Crippen LogP contribution in [0.5, 0.6) is 0 Å². The second kappa shape index (κ2) is 5.73. The van der Waals surface area contributed by atoms with Crippen LogP contribution in [0.1, 0.15) is 49.6 Å². The minimum Gasteiger partial charge on any atom is -0.465 e. The van der Waals surface area contributed by atoms with Crippen molar-refractivity contribution in [3.05, 3.63) is 23.2 Å². The van der Waals surface area contributed by atoms with E-state index in [1.807, 2.05) is 27.7 Å². The summed E-state index contributed by atoms with van der Waals surface area (Å²) < 4.78 is 10.7. The summed E-state index contributed by atoms with van der Waals surface area (Å²) in [7, 11) is 0. The Morgan fingerprint density at radius 2 is 2.06 bits per heavy atom. The van der Waals surface area contributed by atoms with Crippen LogP contribution in [0.2, 0.25) is 0 Å². The van der Waals surface area contributed by atoms with Gasteiger partial charge < -0.3 is 9.15 Å². The van der Waals surface area contributed by atoms with Gasteiger partial charge in [0.1, 0.15) is 17.1 Å². The summed E-state index contributed by atoms with van der Waals surface area (Å²) >= 11 is 0. The molecule has 3 nitrogen and oxygen atoms in total. The van der Waals surface area contributed by atoms with Gasteiger partial charge in [0.05, 0.1) is 6.61 Å². The first-order chi connectivity index (χ1) is 7.58. The van der Waals surface area contributed by atoms with Crippen LogP contribution < -0.4 is 0 Å². The molecular formula is C13H20O3. The molecule has 0 aliphatic rings. The van der Waals surface area contributed by atoms with Crippen LogP contribution in [0.3, 0.4) is 0 Å². The molecule has 1 rings (SSSR count). The van der Waals surface area contributed by atoms with Crippen LogP contribution in [0.4, 0.5) is 0 Å². The van der Waals surface area contributed by atoms with E-state index in [0.29, 0.717) is 24.5 Å². The molecule has 0 fully saturated rings. The molecule has 1 heterocycles. The fourth-order valence-electron chi connectivity index (χ4n) is 1.41. The normalized spacial score (nSPS) is 10.8. The van der Waals surface area contributed by atoms with Gasteiger partial charge in [-0.15, -0.1) is 0 Å². The SMILES string of the molecule is CCc1cc(C(=O)OCC(C)C)c(CC)o1. The monoisotopic (exact) mass is 224 g/mol. The van der Waals surface area contributed by atoms with Gasteiger partial charge >= 0.3 is 5.97 Å². The lowest BCUT2D eigenvalue weighted by Gasteiger charge is -2.06. The molecule has 0 saturated carbocycles. The number of hydrogen-bond donors (Lipinski definition) is 0. The lowest BCUT2D eigenvalue weighted by Crippen LogP contribution is -2.10. The van der Waals surface area contributed by atoms with Gasteiger partial charge in [-0.25, -0.2) is 4.79 Å². The standard InChI is InChI=1S/C13H20O3/c1-5-10-7-11(12(6-2)16-10)13(14)15-8-9(3)4/h7,9H,5-6,8H2,1-4H3. The molecule has 0 radical (unpaired) electrons. The molecule has 1 aromatic rings. The average Bonchev–Trinajstić information content (AvgIpc) is 2.68. The Hall–Kier alpha value is -1.25. The van der Waals surface area contributed by atoms with Crippen LogP contribution >= 0.6 is 0 Å². The summed E-state index contributed by atoms with van der Waals surface area (Å²) in [6, 6.07) is 1.79. The van der Waals surface area contributed by atoms with E-state index >= 15 is 0 Å². The molecule has 0 amide bonds. The van der Waals surface area contributed by atoms with Crippen molar-refractivity contribution in [3.63, 3.8) is 0 Å². The highest BCUT2D eigenvalue weighted by Gasteiger charge is 2.17. The first-order valence-electron chi connectivity index (χ1n) is 5.87. The quantitative estimate of drug-likeness (QED) is 0.721. The molecule has 1 aromatic heterocycles. The minimum absolute atomic E-state index is 0.269. The minimum atomic E-state index is -0.269. The molecule has 0 N–H and O–H groups in total. The molecule has 3 heteroatoms. The van der Waals surface area contributed by atoms with Gasteiger partial charge in [0.2, 0.25) is 0 Å². The predicted molar refractivity (Wildman–Crippen MR) is 62.6 cm³/mol. The zero-order chi connectivity index (χ0) is 12.1. The largest absolute Gasteiger partial charge is 0.465 e. The van der Waals surface area contributed by atoms with E-state index in [1.165, 1.54) is 0 Å². The Balaban J connectivity index is 2.77. The van der Waals surface area contributed by atoms with E-state index in [2.05, 4.69) is 0 Å². The van der Waals surface area contributed by atoms with Crippen molar-refractivity contribution >= 4 is 5.97 Å². The van der Waals surface area contributed by atoms with Gasteiger partial charge in [-0.2, -0.15) is 0 Å². The van der Waals surface area contributed by atoms with Crippen LogP contribution in [0.25, 0.3) is 0 Å². The van der Waals surface area contributed by atoms with E-state index in [1.54, 1.807) is 6.07 Å². The number of esters is 1. The van der Waals surface area contributed by atoms with Crippen molar-refractivity contribution in [2.75, 3.05) is 6.61 Å². The van der Waals surface area contributed by atoms with Gasteiger partial charge in [0.25, 0.3) is 0 Å². The lowest BCUT2D eigenvalue weighted by atomic mass is 10.2. The van der Waals surface area contributed by atoms with Gasteiger partial charge in [0.15, 0.2) is 0 Å².